The topological polar surface area (TPSA) is 43.4 Å². The summed E-state index contributed by atoms with van der Waals surface area (Å²) in [6.45, 7) is 2.13. The Bertz CT molecular complexity index is 823. The number of aryl methyl sites for hydroxylation is 1. The summed E-state index contributed by atoms with van der Waals surface area (Å²) in [5.41, 5.74) is 2.90. The maximum atomic E-state index is 11.9. The van der Waals surface area contributed by atoms with Crippen LogP contribution in [0.25, 0.3) is 6.08 Å². The summed E-state index contributed by atoms with van der Waals surface area (Å²) in [6, 6.07) is 17.3. The number of Topliss-reactive ketones (excluding diaryl/α,β-unsaturated/α-hetero) is 1. The molecular formula is C23H22O3. The van der Waals surface area contributed by atoms with E-state index >= 15 is 0 Å². The Morgan fingerprint density at radius 2 is 1.77 bits per heavy atom. The van der Waals surface area contributed by atoms with Crippen LogP contribution in [0.4, 0.5) is 0 Å². The van der Waals surface area contributed by atoms with Gasteiger partial charge in [0.2, 0.25) is 5.78 Å². The molecule has 3 nitrogen and oxygen atoms in total. The number of ketones is 1. The van der Waals surface area contributed by atoms with Crippen LogP contribution in [-0.4, -0.2) is 18.4 Å². The van der Waals surface area contributed by atoms with Gasteiger partial charge in [-0.05, 0) is 55.0 Å². The number of rotatable bonds is 7. The Morgan fingerprint density at radius 1 is 1.04 bits per heavy atom. The summed E-state index contributed by atoms with van der Waals surface area (Å²) in [4.78, 5) is 23.4. The third-order valence-corrected chi connectivity index (χ3v) is 3.71. The summed E-state index contributed by atoms with van der Waals surface area (Å²) in [5.74, 6) is 5.16. The van der Waals surface area contributed by atoms with Crippen LogP contribution in [0.1, 0.15) is 36.5 Å². The fraction of sp³-hybridized carbons (Fsp3) is 0.217. The van der Waals surface area contributed by atoms with E-state index in [0.717, 1.165) is 23.1 Å². The summed E-state index contributed by atoms with van der Waals surface area (Å²) in [7, 11) is 0. The largest absolute Gasteiger partial charge is 0.463 e. The molecule has 3 heteroatoms. The van der Waals surface area contributed by atoms with Crippen molar-refractivity contribution in [2.24, 2.45) is 0 Å². The number of carbonyl (C=O) groups excluding carboxylic acids is 2. The molecule has 0 fully saturated rings. The van der Waals surface area contributed by atoms with E-state index in [2.05, 4.69) is 11.8 Å². The minimum absolute atomic E-state index is 0.0617. The number of carbonyl (C=O) groups is 2. The van der Waals surface area contributed by atoms with Crippen molar-refractivity contribution in [2.45, 2.75) is 26.2 Å². The molecule has 0 heterocycles. The van der Waals surface area contributed by atoms with E-state index in [4.69, 9.17) is 4.74 Å². The van der Waals surface area contributed by atoms with Gasteiger partial charge in [0.1, 0.15) is 0 Å². The molecule has 0 saturated carbocycles. The average molecular weight is 346 g/mol. The van der Waals surface area contributed by atoms with Crippen LogP contribution in [-0.2, 0) is 20.7 Å². The van der Waals surface area contributed by atoms with Gasteiger partial charge in [-0.2, -0.15) is 0 Å². The standard InChI is InChI=1S/C23H22O3/c1-2-26-23(25)18-16-21-12-7-6-11-20(21)13-8-14-22(24)17-15-19-9-4-3-5-10-19/h3-7,9-12,16,18H,2,8,13-14H2,1H3/b18-16+. The Hall–Kier alpha value is -3.12. The summed E-state index contributed by atoms with van der Waals surface area (Å²) in [6.07, 6.45) is 5.06. The molecule has 0 aliphatic carbocycles. The molecule has 0 amide bonds. The molecule has 0 bridgehead atoms. The average Bonchev–Trinajstić information content (AvgIpc) is 2.67. The highest BCUT2D eigenvalue weighted by Gasteiger charge is 2.03. The van der Waals surface area contributed by atoms with Gasteiger partial charge in [-0.25, -0.2) is 4.79 Å². The second-order valence-corrected chi connectivity index (χ2v) is 5.68. The number of esters is 1. The molecule has 2 aromatic rings. The van der Waals surface area contributed by atoms with Crippen LogP contribution in [0.15, 0.2) is 60.7 Å². The lowest BCUT2D eigenvalue weighted by molar-refractivity contribution is -0.137. The van der Waals surface area contributed by atoms with Crippen molar-refractivity contribution >= 4 is 17.8 Å². The predicted molar refractivity (Wildman–Crippen MR) is 103 cm³/mol. The molecule has 132 valence electrons. The van der Waals surface area contributed by atoms with Crippen molar-refractivity contribution in [1.82, 2.24) is 0 Å². The quantitative estimate of drug-likeness (QED) is 0.429. The van der Waals surface area contributed by atoms with Gasteiger partial charge in [-0.15, -0.1) is 0 Å². The van der Waals surface area contributed by atoms with E-state index in [0.29, 0.717) is 19.4 Å². The molecule has 0 aliphatic heterocycles. The van der Waals surface area contributed by atoms with Gasteiger partial charge in [-0.3, -0.25) is 4.79 Å². The van der Waals surface area contributed by atoms with Gasteiger partial charge in [0.15, 0.2) is 0 Å². The fourth-order valence-electron chi connectivity index (χ4n) is 2.44. The van der Waals surface area contributed by atoms with Crippen molar-refractivity contribution in [3.63, 3.8) is 0 Å². The molecule has 0 saturated heterocycles. The van der Waals surface area contributed by atoms with Crippen molar-refractivity contribution in [1.29, 1.82) is 0 Å². The highest BCUT2D eigenvalue weighted by molar-refractivity contribution is 5.96. The Labute approximate surface area is 154 Å². The zero-order chi connectivity index (χ0) is 18.6. The first-order valence-corrected chi connectivity index (χ1v) is 8.71. The minimum atomic E-state index is -0.353. The molecule has 2 rings (SSSR count). The second kappa shape index (κ2) is 10.7. The van der Waals surface area contributed by atoms with Gasteiger partial charge < -0.3 is 4.74 Å². The van der Waals surface area contributed by atoms with Crippen molar-refractivity contribution in [3.05, 3.63) is 77.4 Å². The minimum Gasteiger partial charge on any atom is -0.463 e. The van der Waals surface area contributed by atoms with Crippen LogP contribution in [0.3, 0.4) is 0 Å². The monoisotopic (exact) mass is 346 g/mol. The van der Waals surface area contributed by atoms with Gasteiger partial charge in [0, 0.05) is 18.1 Å². The zero-order valence-electron chi connectivity index (χ0n) is 14.9. The smallest absolute Gasteiger partial charge is 0.330 e. The fourth-order valence-corrected chi connectivity index (χ4v) is 2.44. The number of hydrogen-bond donors (Lipinski definition) is 0. The maximum absolute atomic E-state index is 11.9. The molecule has 0 unspecified atom stereocenters. The lowest BCUT2D eigenvalue weighted by Gasteiger charge is -2.05. The van der Waals surface area contributed by atoms with Crippen LogP contribution < -0.4 is 0 Å². The SMILES string of the molecule is CCOC(=O)/C=C/c1ccccc1CCCC(=O)C#Cc1ccccc1. The molecule has 2 aromatic carbocycles. The van der Waals surface area contributed by atoms with Crippen molar-refractivity contribution in [2.75, 3.05) is 6.61 Å². The summed E-state index contributed by atoms with van der Waals surface area (Å²) < 4.78 is 4.89. The third kappa shape index (κ3) is 6.78. The lowest BCUT2D eigenvalue weighted by Crippen LogP contribution is -1.99. The van der Waals surface area contributed by atoms with Crippen molar-refractivity contribution in [3.8, 4) is 11.8 Å². The number of ether oxygens (including phenoxy) is 1. The number of benzene rings is 2. The van der Waals surface area contributed by atoms with E-state index in [1.165, 1.54) is 6.08 Å². The molecular weight excluding hydrogens is 324 g/mol. The molecule has 0 N–H and O–H groups in total. The molecule has 0 radical (unpaired) electrons. The first-order chi connectivity index (χ1) is 12.7. The highest BCUT2D eigenvalue weighted by atomic mass is 16.5. The normalized spacial score (nSPS) is 10.2. The van der Waals surface area contributed by atoms with E-state index in [1.54, 1.807) is 13.0 Å². The van der Waals surface area contributed by atoms with E-state index in [-0.39, 0.29) is 11.8 Å². The molecule has 26 heavy (non-hydrogen) atoms. The van der Waals surface area contributed by atoms with Crippen LogP contribution >= 0.6 is 0 Å². The van der Waals surface area contributed by atoms with Crippen LogP contribution in [0.2, 0.25) is 0 Å². The molecule has 0 aromatic heterocycles. The van der Waals surface area contributed by atoms with Gasteiger partial charge in [-0.1, -0.05) is 48.4 Å². The molecule has 0 aliphatic rings. The summed E-state index contributed by atoms with van der Waals surface area (Å²) in [5, 5.41) is 0. The Kier molecular flexibility index (Phi) is 7.89. The lowest BCUT2D eigenvalue weighted by atomic mass is 10.0. The van der Waals surface area contributed by atoms with Gasteiger partial charge >= 0.3 is 5.97 Å². The maximum Gasteiger partial charge on any atom is 0.330 e. The molecule has 0 spiro atoms. The second-order valence-electron chi connectivity index (χ2n) is 5.68. The van der Waals surface area contributed by atoms with E-state index in [9.17, 15) is 9.59 Å². The predicted octanol–water partition coefficient (Wildman–Crippen LogP) is 4.21. The highest BCUT2D eigenvalue weighted by Crippen LogP contribution is 2.14. The number of hydrogen-bond acceptors (Lipinski definition) is 3. The molecule has 0 atom stereocenters. The van der Waals surface area contributed by atoms with E-state index in [1.807, 2.05) is 54.6 Å². The first kappa shape index (κ1) is 19.2. The van der Waals surface area contributed by atoms with E-state index < -0.39 is 0 Å². The Morgan fingerprint density at radius 3 is 2.54 bits per heavy atom. The van der Waals surface area contributed by atoms with Gasteiger partial charge in [0.25, 0.3) is 0 Å². The third-order valence-electron chi connectivity index (χ3n) is 3.71. The van der Waals surface area contributed by atoms with Crippen LogP contribution in [0.5, 0.6) is 0 Å². The van der Waals surface area contributed by atoms with Crippen molar-refractivity contribution < 1.29 is 14.3 Å². The Balaban J connectivity index is 1.89. The van der Waals surface area contributed by atoms with Gasteiger partial charge in [0.05, 0.1) is 6.61 Å². The van der Waals surface area contributed by atoms with Crippen LogP contribution in [0, 0.1) is 11.8 Å². The zero-order valence-corrected chi connectivity index (χ0v) is 14.9. The summed E-state index contributed by atoms with van der Waals surface area (Å²) >= 11 is 0. The first-order valence-electron chi connectivity index (χ1n) is 8.71.